The van der Waals surface area contributed by atoms with Crippen molar-refractivity contribution < 1.29 is 0 Å². The van der Waals surface area contributed by atoms with Gasteiger partial charge < -0.3 is 0 Å². The lowest BCUT2D eigenvalue weighted by atomic mass is 10.3. The molecule has 4 rings (SSSR count). The Morgan fingerprint density at radius 2 is 1.07 bits per heavy atom. The van der Waals surface area contributed by atoms with Gasteiger partial charge in [-0.2, -0.15) is 5.26 Å². The summed E-state index contributed by atoms with van der Waals surface area (Å²) in [5.41, 5.74) is 1.58. The van der Waals surface area contributed by atoms with E-state index in [0.29, 0.717) is 5.56 Å². The van der Waals surface area contributed by atoms with Gasteiger partial charge in [0.05, 0.1) is 11.6 Å². The van der Waals surface area contributed by atoms with E-state index in [1.54, 1.807) is 12.3 Å². The van der Waals surface area contributed by atoms with Gasteiger partial charge in [-0.1, -0.05) is 54.6 Å². The molecule has 0 bridgehead atoms. The Hall–Kier alpha value is -3.27. The Morgan fingerprint density at radius 1 is 0.630 bits per heavy atom. The molecule has 0 N–H and O–H groups in total. The number of hydrogen-bond donors (Lipinski definition) is 0. The molecule has 0 amide bonds. The fraction of sp³-hybridized carbons (Fsp3) is 0. The number of aromatic nitrogens is 1. The highest BCUT2D eigenvalue weighted by atomic mass is 31.2. The van der Waals surface area contributed by atoms with Crippen LogP contribution in [0, 0.1) is 11.3 Å². The molecule has 27 heavy (non-hydrogen) atoms. The Bertz CT molecular complexity index is 975. The summed E-state index contributed by atoms with van der Waals surface area (Å²) in [7, 11) is -2.21. The molecule has 0 atom stereocenters. The minimum absolute atomic E-state index is 0.632. The first-order valence-electron chi connectivity index (χ1n) is 8.78. The molecule has 128 valence electrons. The van der Waals surface area contributed by atoms with E-state index >= 15 is 0 Å². The number of benzene rings is 3. The van der Waals surface area contributed by atoms with Crippen LogP contribution in [0.3, 0.4) is 0 Å². The highest BCUT2D eigenvalue weighted by molar-refractivity contribution is 8.01. The first-order chi connectivity index (χ1) is 13.4. The molecule has 0 radical (unpaired) electrons. The standard InChI is InChI=1S/C24H18N2P/c25-19-20-16-17-26-24(18-20)27(21-10-4-1-5-11-21,22-12-6-2-7-13-22)23-14-8-3-9-15-23/h1-18H/q+1. The molecule has 2 nitrogen and oxygen atoms in total. The number of pyridine rings is 1. The monoisotopic (exact) mass is 365 g/mol. The Kier molecular flexibility index (Phi) is 4.79. The first-order valence-corrected chi connectivity index (χ1v) is 10.6. The van der Waals surface area contributed by atoms with Crippen molar-refractivity contribution >= 4 is 28.6 Å². The van der Waals surface area contributed by atoms with Crippen LogP contribution >= 0.6 is 7.26 Å². The van der Waals surface area contributed by atoms with Crippen molar-refractivity contribution in [1.29, 1.82) is 5.26 Å². The van der Waals surface area contributed by atoms with E-state index in [1.165, 1.54) is 15.9 Å². The number of hydrogen-bond acceptors (Lipinski definition) is 2. The zero-order valence-electron chi connectivity index (χ0n) is 14.7. The van der Waals surface area contributed by atoms with E-state index in [2.05, 4.69) is 78.9 Å². The highest BCUT2D eigenvalue weighted by Crippen LogP contribution is 2.53. The number of nitriles is 1. The molecule has 3 heteroatoms. The van der Waals surface area contributed by atoms with Gasteiger partial charge in [0.15, 0.2) is 12.7 Å². The fourth-order valence-corrected chi connectivity index (χ4v) is 7.59. The zero-order valence-corrected chi connectivity index (χ0v) is 15.6. The van der Waals surface area contributed by atoms with E-state index in [9.17, 15) is 5.26 Å². The summed E-state index contributed by atoms with van der Waals surface area (Å²) in [6, 6.07) is 37.6. The summed E-state index contributed by atoms with van der Waals surface area (Å²) in [5.74, 6) is 0. The maximum atomic E-state index is 9.47. The predicted molar refractivity (Wildman–Crippen MR) is 114 cm³/mol. The fourth-order valence-electron chi connectivity index (χ4n) is 3.47. The third-order valence-corrected chi connectivity index (χ3v) is 8.80. The molecule has 0 spiro atoms. The summed E-state index contributed by atoms with van der Waals surface area (Å²) in [6.45, 7) is 0. The summed E-state index contributed by atoms with van der Waals surface area (Å²) >= 11 is 0. The lowest BCUT2D eigenvalue weighted by molar-refractivity contribution is 1.36. The van der Waals surface area contributed by atoms with Crippen molar-refractivity contribution in [3.05, 3.63) is 115 Å². The van der Waals surface area contributed by atoms with Gasteiger partial charge in [-0.25, -0.2) is 4.98 Å². The molecule has 0 aliphatic heterocycles. The zero-order chi connectivity index (χ0) is 18.5. The van der Waals surface area contributed by atoms with E-state index in [-0.39, 0.29) is 0 Å². The molecule has 0 saturated carbocycles. The second kappa shape index (κ2) is 7.54. The summed E-state index contributed by atoms with van der Waals surface area (Å²) < 4.78 is 0. The minimum atomic E-state index is -2.21. The minimum Gasteiger partial charge on any atom is -0.221 e. The van der Waals surface area contributed by atoms with E-state index in [4.69, 9.17) is 4.98 Å². The summed E-state index contributed by atoms with van der Waals surface area (Å²) in [5, 5.41) is 13.2. The molecule has 1 heterocycles. The number of rotatable bonds is 4. The lowest BCUT2D eigenvalue weighted by Gasteiger charge is -2.26. The molecule has 0 aliphatic carbocycles. The average molecular weight is 365 g/mol. The lowest BCUT2D eigenvalue weighted by Crippen LogP contribution is -2.40. The highest BCUT2D eigenvalue weighted by Gasteiger charge is 2.49. The van der Waals surface area contributed by atoms with E-state index < -0.39 is 7.26 Å². The molecule has 0 aliphatic rings. The van der Waals surface area contributed by atoms with Crippen LogP contribution < -0.4 is 21.3 Å². The maximum absolute atomic E-state index is 9.47. The van der Waals surface area contributed by atoms with Crippen LogP contribution in [0.15, 0.2) is 109 Å². The van der Waals surface area contributed by atoms with Gasteiger partial charge in [-0.05, 0) is 42.5 Å². The van der Waals surface area contributed by atoms with Crippen LogP contribution in [0.5, 0.6) is 0 Å². The third-order valence-electron chi connectivity index (χ3n) is 4.65. The van der Waals surface area contributed by atoms with Crippen molar-refractivity contribution in [3.63, 3.8) is 0 Å². The van der Waals surface area contributed by atoms with Crippen molar-refractivity contribution in [2.24, 2.45) is 0 Å². The topological polar surface area (TPSA) is 36.7 Å². The summed E-state index contributed by atoms with van der Waals surface area (Å²) in [4.78, 5) is 4.79. The van der Waals surface area contributed by atoms with Gasteiger partial charge in [-0.15, -0.1) is 0 Å². The largest absolute Gasteiger partial charge is 0.221 e. The molecule has 0 unspecified atom stereocenters. The normalized spacial score (nSPS) is 10.9. The van der Waals surface area contributed by atoms with Gasteiger partial charge in [-0.3, -0.25) is 0 Å². The molecular formula is C24H18N2P+. The van der Waals surface area contributed by atoms with Crippen molar-refractivity contribution in [3.8, 4) is 6.07 Å². The smallest absolute Gasteiger partial charge is 0.199 e. The van der Waals surface area contributed by atoms with Crippen LogP contribution in [0.2, 0.25) is 0 Å². The second-order valence-corrected chi connectivity index (χ2v) is 9.54. The van der Waals surface area contributed by atoms with Crippen LogP contribution in [-0.2, 0) is 0 Å². The van der Waals surface area contributed by atoms with Gasteiger partial charge >= 0.3 is 0 Å². The molecule has 0 saturated heterocycles. The maximum Gasteiger partial charge on any atom is 0.199 e. The van der Waals surface area contributed by atoms with E-state index in [1.807, 2.05) is 24.3 Å². The first kappa shape index (κ1) is 17.2. The van der Waals surface area contributed by atoms with Crippen molar-refractivity contribution in [2.45, 2.75) is 0 Å². The second-order valence-electron chi connectivity index (χ2n) is 6.19. The van der Waals surface area contributed by atoms with Gasteiger partial charge in [0.1, 0.15) is 15.9 Å². The summed E-state index contributed by atoms with van der Waals surface area (Å²) in [6.07, 6.45) is 1.75. The quantitative estimate of drug-likeness (QED) is 0.519. The molecule has 1 aromatic heterocycles. The SMILES string of the molecule is N#Cc1ccnc([P+](c2ccccc2)(c2ccccc2)c2ccccc2)c1. The third kappa shape index (κ3) is 3.04. The Morgan fingerprint density at radius 3 is 1.48 bits per heavy atom. The van der Waals surface area contributed by atoms with Crippen molar-refractivity contribution in [1.82, 2.24) is 4.98 Å². The van der Waals surface area contributed by atoms with E-state index in [0.717, 1.165) is 5.44 Å². The number of nitrogens with zero attached hydrogens (tertiary/aromatic N) is 2. The Labute approximate surface area is 160 Å². The van der Waals surface area contributed by atoms with Crippen LogP contribution in [0.4, 0.5) is 0 Å². The average Bonchev–Trinajstić information content (AvgIpc) is 2.77. The van der Waals surface area contributed by atoms with Gasteiger partial charge in [0.25, 0.3) is 0 Å². The predicted octanol–water partition coefficient (Wildman–Crippen LogP) is 3.57. The molecular weight excluding hydrogens is 347 g/mol. The molecule has 3 aromatic carbocycles. The molecule has 4 aromatic rings. The van der Waals surface area contributed by atoms with Gasteiger partial charge in [0, 0.05) is 12.3 Å². The van der Waals surface area contributed by atoms with Gasteiger partial charge in [0.2, 0.25) is 0 Å². The Balaban J connectivity index is 2.15. The van der Waals surface area contributed by atoms with Crippen LogP contribution in [-0.4, -0.2) is 4.98 Å². The van der Waals surface area contributed by atoms with Crippen molar-refractivity contribution in [2.75, 3.05) is 0 Å². The molecule has 0 fully saturated rings. The van der Waals surface area contributed by atoms with Crippen LogP contribution in [0.25, 0.3) is 0 Å². The van der Waals surface area contributed by atoms with Crippen LogP contribution in [0.1, 0.15) is 5.56 Å².